The van der Waals surface area contributed by atoms with Crippen molar-refractivity contribution in [1.29, 1.82) is 0 Å². The molecule has 6 nitrogen and oxygen atoms in total. The largest absolute Gasteiger partial charge is 0.481 e. The number of carboxylic acids is 1. The van der Waals surface area contributed by atoms with Crippen LogP contribution in [-0.4, -0.2) is 31.3 Å². The van der Waals surface area contributed by atoms with Crippen LogP contribution in [0.5, 0.6) is 0 Å². The summed E-state index contributed by atoms with van der Waals surface area (Å²) in [7, 11) is 0. The van der Waals surface area contributed by atoms with E-state index >= 15 is 0 Å². The fraction of sp³-hybridized carbons (Fsp3) is 0.778. The Labute approximate surface area is 87.3 Å². The molecule has 0 amide bonds. The molecule has 0 aliphatic heterocycles. The third-order valence-electron chi connectivity index (χ3n) is 2.84. The quantitative estimate of drug-likeness (QED) is 0.764. The Morgan fingerprint density at radius 3 is 2.87 bits per heavy atom. The van der Waals surface area contributed by atoms with Gasteiger partial charge in [0.15, 0.2) is 5.82 Å². The van der Waals surface area contributed by atoms with Crippen molar-refractivity contribution in [2.24, 2.45) is 5.41 Å². The zero-order valence-electron chi connectivity index (χ0n) is 8.68. The lowest BCUT2D eigenvalue weighted by Gasteiger charge is -2.09. The highest BCUT2D eigenvalue weighted by molar-refractivity contribution is 5.77. The van der Waals surface area contributed by atoms with E-state index in [0.717, 1.165) is 31.5 Å². The van der Waals surface area contributed by atoms with Crippen LogP contribution in [0.15, 0.2) is 0 Å². The van der Waals surface area contributed by atoms with Crippen molar-refractivity contribution in [3.63, 3.8) is 0 Å². The molecule has 15 heavy (non-hydrogen) atoms. The van der Waals surface area contributed by atoms with Gasteiger partial charge >= 0.3 is 5.97 Å². The molecule has 0 atom stereocenters. The molecule has 1 aromatic heterocycles. The number of hydrogen-bond donors (Lipinski definition) is 1. The second kappa shape index (κ2) is 3.60. The van der Waals surface area contributed by atoms with Gasteiger partial charge in [-0.3, -0.25) is 4.79 Å². The van der Waals surface area contributed by atoms with Crippen LogP contribution in [0.3, 0.4) is 0 Å². The van der Waals surface area contributed by atoms with Gasteiger partial charge < -0.3 is 5.11 Å². The van der Waals surface area contributed by atoms with Gasteiger partial charge in [-0.1, -0.05) is 6.92 Å². The first-order chi connectivity index (χ1) is 7.18. The first-order valence-electron chi connectivity index (χ1n) is 5.16. The van der Waals surface area contributed by atoms with Crippen LogP contribution in [0.25, 0.3) is 0 Å². The minimum absolute atomic E-state index is 0.407. The van der Waals surface area contributed by atoms with Crippen LogP contribution in [-0.2, 0) is 17.8 Å². The van der Waals surface area contributed by atoms with Gasteiger partial charge in [0.1, 0.15) is 0 Å². The molecule has 1 aliphatic carbocycles. The maximum atomic E-state index is 11.0. The lowest BCUT2D eigenvalue weighted by molar-refractivity contribution is -0.144. The van der Waals surface area contributed by atoms with Gasteiger partial charge in [-0.15, -0.1) is 5.10 Å². The molecule has 82 valence electrons. The van der Waals surface area contributed by atoms with Gasteiger partial charge in [0.05, 0.1) is 12.0 Å². The van der Waals surface area contributed by atoms with Crippen molar-refractivity contribution in [3.8, 4) is 0 Å². The Balaban J connectivity index is 2.10. The van der Waals surface area contributed by atoms with Crippen molar-refractivity contribution in [2.75, 3.05) is 0 Å². The van der Waals surface area contributed by atoms with Gasteiger partial charge in [0.2, 0.25) is 0 Å². The SMILES string of the molecule is CCCc1nnnn1CC1(C(=O)O)CC1. The minimum atomic E-state index is -0.736. The predicted octanol–water partition coefficient (Wildman–Crippen LogP) is 0.490. The van der Waals surface area contributed by atoms with Gasteiger partial charge in [-0.05, 0) is 29.7 Å². The van der Waals surface area contributed by atoms with E-state index in [1.165, 1.54) is 0 Å². The molecule has 1 heterocycles. The number of rotatable bonds is 5. The van der Waals surface area contributed by atoms with Crippen molar-refractivity contribution in [3.05, 3.63) is 5.82 Å². The summed E-state index contributed by atoms with van der Waals surface area (Å²) < 4.78 is 1.63. The molecule has 0 unspecified atom stereocenters. The third-order valence-corrected chi connectivity index (χ3v) is 2.84. The highest BCUT2D eigenvalue weighted by atomic mass is 16.4. The highest BCUT2D eigenvalue weighted by Crippen LogP contribution is 2.47. The average molecular weight is 210 g/mol. The van der Waals surface area contributed by atoms with E-state index in [0.29, 0.717) is 6.54 Å². The normalized spacial score (nSPS) is 17.7. The summed E-state index contributed by atoms with van der Waals surface area (Å²) in [4.78, 5) is 11.0. The van der Waals surface area contributed by atoms with Gasteiger partial charge in [0, 0.05) is 6.42 Å². The lowest BCUT2D eigenvalue weighted by Crippen LogP contribution is -2.23. The summed E-state index contributed by atoms with van der Waals surface area (Å²) in [6, 6.07) is 0. The van der Waals surface area contributed by atoms with Crippen LogP contribution >= 0.6 is 0 Å². The van der Waals surface area contributed by atoms with Crippen molar-refractivity contribution in [2.45, 2.75) is 39.2 Å². The van der Waals surface area contributed by atoms with E-state index in [9.17, 15) is 4.79 Å². The first kappa shape index (κ1) is 10.1. The van der Waals surface area contributed by atoms with E-state index in [1.54, 1.807) is 4.68 Å². The Bertz CT molecular complexity index is 370. The Morgan fingerprint density at radius 1 is 1.60 bits per heavy atom. The molecule has 2 rings (SSSR count). The summed E-state index contributed by atoms with van der Waals surface area (Å²) in [5.41, 5.74) is -0.599. The van der Waals surface area contributed by atoms with Crippen LogP contribution < -0.4 is 0 Å². The van der Waals surface area contributed by atoms with E-state index in [2.05, 4.69) is 15.5 Å². The second-order valence-corrected chi connectivity index (χ2v) is 4.09. The summed E-state index contributed by atoms with van der Waals surface area (Å²) in [5, 5.41) is 20.3. The van der Waals surface area contributed by atoms with Crippen molar-refractivity contribution < 1.29 is 9.90 Å². The summed E-state index contributed by atoms with van der Waals surface area (Å²) in [6.07, 6.45) is 3.21. The zero-order valence-corrected chi connectivity index (χ0v) is 8.68. The molecule has 0 aromatic carbocycles. The van der Waals surface area contributed by atoms with Crippen molar-refractivity contribution in [1.82, 2.24) is 20.2 Å². The maximum Gasteiger partial charge on any atom is 0.311 e. The van der Waals surface area contributed by atoms with Gasteiger partial charge in [0.25, 0.3) is 0 Å². The zero-order chi connectivity index (χ0) is 10.9. The van der Waals surface area contributed by atoms with Crippen LogP contribution in [0.1, 0.15) is 32.0 Å². The fourth-order valence-electron chi connectivity index (χ4n) is 1.63. The van der Waals surface area contributed by atoms with E-state index < -0.39 is 11.4 Å². The summed E-state index contributed by atoms with van der Waals surface area (Å²) in [6.45, 7) is 2.45. The van der Waals surface area contributed by atoms with Crippen molar-refractivity contribution >= 4 is 5.97 Å². The van der Waals surface area contributed by atoms with E-state index in [-0.39, 0.29) is 0 Å². The molecule has 1 N–H and O–H groups in total. The lowest BCUT2D eigenvalue weighted by atomic mass is 10.1. The summed E-state index contributed by atoms with van der Waals surface area (Å²) in [5.74, 6) is 0.0467. The Hall–Kier alpha value is -1.46. The number of hydrogen-bond acceptors (Lipinski definition) is 4. The molecular formula is C9H14N4O2. The molecule has 0 spiro atoms. The number of aliphatic carboxylic acids is 1. The number of aryl methyl sites for hydroxylation is 1. The molecule has 0 bridgehead atoms. The third kappa shape index (κ3) is 1.84. The average Bonchev–Trinajstić information content (AvgIpc) is 2.85. The number of nitrogens with zero attached hydrogens (tertiary/aromatic N) is 4. The van der Waals surface area contributed by atoms with Crippen LogP contribution in [0.4, 0.5) is 0 Å². The minimum Gasteiger partial charge on any atom is -0.481 e. The number of tetrazole rings is 1. The molecule has 0 radical (unpaired) electrons. The standard InChI is InChI=1S/C9H14N4O2/c1-2-3-7-10-11-12-13(7)6-9(4-5-9)8(14)15/h2-6H2,1H3,(H,14,15). The smallest absolute Gasteiger partial charge is 0.311 e. The molecule has 1 aliphatic rings. The van der Waals surface area contributed by atoms with Crippen LogP contribution in [0.2, 0.25) is 0 Å². The van der Waals surface area contributed by atoms with E-state index in [1.807, 2.05) is 6.92 Å². The molecule has 1 fully saturated rings. The maximum absolute atomic E-state index is 11.0. The number of aromatic nitrogens is 4. The van der Waals surface area contributed by atoms with E-state index in [4.69, 9.17) is 5.11 Å². The number of carbonyl (C=O) groups is 1. The first-order valence-corrected chi connectivity index (χ1v) is 5.16. The van der Waals surface area contributed by atoms with Gasteiger partial charge in [-0.2, -0.15) is 0 Å². The molecule has 1 saturated carbocycles. The monoisotopic (exact) mass is 210 g/mol. The molecule has 1 aromatic rings. The Kier molecular flexibility index (Phi) is 2.42. The number of carboxylic acid groups (broad SMARTS) is 1. The predicted molar refractivity (Wildman–Crippen MR) is 51.1 cm³/mol. The fourth-order valence-corrected chi connectivity index (χ4v) is 1.63. The van der Waals surface area contributed by atoms with Crippen LogP contribution in [0, 0.1) is 5.41 Å². The molecule has 0 saturated heterocycles. The second-order valence-electron chi connectivity index (χ2n) is 4.09. The topological polar surface area (TPSA) is 80.9 Å². The molecule has 6 heteroatoms. The molecular weight excluding hydrogens is 196 g/mol. The summed E-state index contributed by atoms with van der Waals surface area (Å²) >= 11 is 0. The Morgan fingerprint density at radius 2 is 2.33 bits per heavy atom. The highest BCUT2D eigenvalue weighted by Gasteiger charge is 2.51. The van der Waals surface area contributed by atoms with Gasteiger partial charge in [-0.25, -0.2) is 4.68 Å².